The lowest BCUT2D eigenvalue weighted by Gasteiger charge is -2.11. The molecule has 0 atom stereocenters. The van der Waals surface area contributed by atoms with Gasteiger partial charge in [-0.3, -0.25) is 14.2 Å². The molecule has 0 aliphatic carbocycles. The van der Waals surface area contributed by atoms with Gasteiger partial charge in [0.15, 0.2) is 6.29 Å². The summed E-state index contributed by atoms with van der Waals surface area (Å²) in [6.45, 7) is 0. The van der Waals surface area contributed by atoms with Crippen LogP contribution in [0.15, 0.2) is 35.3 Å². The molecule has 1 heterocycles. The molecule has 0 bridgehead atoms. The molecule has 0 saturated heterocycles. The highest BCUT2D eigenvalue weighted by atomic mass is 35.5. The van der Waals surface area contributed by atoms with Gasteiger partial charge in [-0.1, -0.05) is 23.2 Å². The first kappa shape index (κ1) is 15.1. The molecule has 0 saturated carbocycles. The first-order valence-corrected chi connectivity index (χ1v) is 7.08. The maximum absolute atomic E-state index is 12.4. The lowest BCUT2D eigenvalue weighted by molar-refractivity contribution is 0.112. The van der Waals surface area contributed by atoms with Gasteiger partial charge in [0.2, 0.25) is 0 Å². The van der Waals surface area contributed by atoms with E-state index in [2.05, 4.69) is 0 Å². The Kier molecular flexibility index (Phi) is 4.86. The van der Waals surface area contributed by atoms with Crippen molar-refractivity contribution in [3.8, 4) is 5.69 Å². The molecular weight excluding hydrogens is 321 g/mol. The van der Waals surface area contributed by atoms with Gasteiger partial charge in [0.25, 0.3) is 5.56 Å². The highest BCUT2D eigenvalue weighted by Crippen LogP contribution is 2.20. The van der Waals surface area contributed by atoms with Crippen molar-refractivity contribution in [2.45, 2.75) is 6.42 Å². The van der Waals surface area contributed by atoms with Gasteiger partial charge in [0.05, 0.1) is 10.6 Å². The van der Waals surface area contributed by atoms with Crippen LogP contribution >= 0.6 is 34.8 Å². The molecule has 0 fully saturated rings. The Morgan fingerprint density at radius 3 is 2.35 bits per heavy atom. The van der Waals surface area contributed by atoms with Gasteiger partial charge in [-0.15, -0.1) is 11.6 Å². The Morgan fingerprint density at radius 2 is 1.80 bits per heavy atom. The Hall–Kier alpha value is -1.29. The number of aromatic nitrogens is 1. The van der Waals surface area contributed by atoms with Crippen molar-refractivity contribution in [1.82, 2.24) is 4.57 Å². The van der Waals surface area contributed by atoms with E-state index in [0.29, 0.717) is 29.0 Å². The summed E-state index contributed by atoms with van der Waals surface area (Å²) in [4.78, 5) is 23.5. The second-order valence-electron chi connectivity index (χ2n) is 4.09. The maximum atomic E-state index is 12.4. The van der Waals surface area contributed by atoms with E-state index in [1.165, 1.54) is 10.8 Å². The molecule has 0 amide bonds. The third kappa shape index (κ3) is 2.90. The lowest BCUT2D eigenvalue weighted by atomic mass is 10.1. The maximum Gasteiger partial charge on any atom is 0.259 e. The van der Waals surface area contributed by atoms with E-state index in [1.54, 1.807) is 24.3 Å². The van der Waals surface area contributed by atoms with Crippen molar-refractivity contribution in [1.29, 1.82) is 0 Å². The number of hydrogen-bond acceptors (Lipinski definition) is 2. The van der Waals surface area contributed by atoms with Crippen LogP contribution in [-0.2, 0) is 6.42 Å². The molecular formula is C14H10Cl3NO2. The lowest BCUT2D eigenvalue weighted by Crippen LogP contribution is -2.24. The Morgan fingerprint density at radius 1 is 1.15 bits per heavy atom. The summed E-state index contributed by atoms with van der Waals surface area (Å²) in [7, 11) is 0. The number of benzene rings is 1. The molecule has 0 aliphatic rings. The number of pyridine rings is 1. The molecule has 0 N–H and O–H groups in total. The van der Waals surface area contributed by atoms with E-state index in [0.717, 1.165) is 0 Å². The average molecular weight is 331 g/mol. The zero-order chi connectivity index (χ0) is 14.7. The van der Waals surface area contributed by atoms with Crippen molar-refractivity contribution in [3.63, 3.8) is 0 Å². The summed E-state index contributed by atoms with van der Waals surface area (Å²) >= 11 is 17.6. The number of aldehydes is 1. The van der Waals surface area contributed by atoms with Crippen LogP contribution in [0, 0.1) is 0 Å². The van der Waals surface area contributed by atoms with Crippen LogP contribution in [0.25, 0.3) is 5.69 Å². The quantitative estimate of drug-likeness (QED) is 0.633. The first-order valence-electron chi connectivity index (χ1n) is 5.79. The number of carbonyl (C=O) groups is 1. The minimum absolute atomic E-state index is 0.163. The SMILES string of the molecule is O=Cc1cn(-c2ccc(Cl)cc2)c(=O)c(CCCl)c1Cl. The fourth-order valence-electron chi connectivity index (χ4n) is 1.85. The number of hydrogen-bond donors (Lipinski definition) is 0. The molecule has 2 aromatic rings. The smallest absolute Gasteiger partial charge is 0.259 e. The highest BCUT2D eigenvalue weighted by molar-refractivity contribution is 6.33. The summed E-state index contributed by atoms with van der Waals surface area (Å²) in [5, 5.41) is 0.725. The van der Waals surface area contributed by atoms with Crippen LogP contribution in [0.2, 0.25) is 10.0 Å². The number of alkyl halides is 1. The van der Waals surface area contributed by atoms with Crippen LogP contribution in [0.1, 0.15) is 15.9 Å². The van der Waals surface area contributed by atoms with Crippen LogP contribution in [-0.4, -0.2) is 16.7 Å². The summed E-state index contributed by atoms with van der Waals surface area (Å²) in [5.74, 6) is 0.248. The number of halogens is 3. The van der Waals surface area contributed by atoms with E-state index >= 15 is 0 Å². The molecule has 0 spiro atoms. The van der Waals surface area contributed by atoms with Gasteiger partial charge in [-0.2, -0.15) is 0 Å². The summed E-state index contributed by atoms with van der Waals surface area (Å²) < 4.78 is 1.37. The van der Waals surface area contributed by atoms with E-state index in [4.69, 9.17) is 34.8 Å². The van der Waals surface area contributed by atoms with E-state index in [9.17, 15) is 9.59 Å². The van der Waals surface area contributed by atoms with Gasteiger partial charge < -0.3 is 0 Å². The summed E-state index contributed by atoms with van der Waals surface area (Å²) in [5.41, 5.74) is 0.904. The third-order valence-corrected chi connectivity index (χ3v) is 3.73. The number of rotatable bonds is 4. The molecule has 6 heteroatoms. The summed E-state index contributed by atoms with van der Waals surface area (Å²) in [6.07, 6.45) is 2.33. The normalized spacial score (nSPS) is 10.6. The third-order valence-electron chi connectivity index (χ3n) is 2.84. The van der Waals surface area contributed by atoms with Crippen molar-refractivity contribution >= 4 is 41.1 Å². The highest BCUT2D eigenvalue weighted by Gasteiger charge is 2.14. The largest absolute Gasteiger partial charge is 0.298 e. The van der Waals surface area contributed by atoms with Crippen LogP contribution < -0.4 is 5.56 Å². The minimum Gasteiger partial charge on any atom is -0.298 e. The molecule has 0 aliphatic heterocycles. The Balaban J connectivity index is 2.70. The zero-order valence-electron chi connectivity index (χ0n) is 10.3. The van der Waals surface area contributed by atoms with Crippen molar-refractivity contribution < 1.29 is 4.79 Å². The van der Waals surface area contributed by atoms with Crippen LogP contribution in [0.5, 0.6) is 0 Å². The molecule has 3 nitrogen and oxygen atoms in total. The van der Waals surface area contributed by atoms with Gasteiger partial charge in [0.1, 0.15) is 0 Å². The molecule has 2 rings (SSSR count). The Bertz CT molecular complexity index is 693. The van der Waals surface area contributed by atoms with E-state index in [-0.39, 0.29) is 22.0 Å². The number of nitrogens with zero attached hydrogens (tertiary/aromatic N) is 1. The fraction of sp³-hybridized carbons (Fsp3) is 0.143. The molecule has 1 aromatic heterocycles. The molecule has 0 radical (unpaired) electrons. The van der Waals surface area contributed by atoms with Crippen LogP contribution in [0.3, 0.4) is 0 Å². The van der Waals surface area contributed by atoms with Gasteiger partial charge in [-0.05, 0) is 30.7 Å². The predicted octanol–water partition coefficient (Wildman–Crippen LogP) is 3.74. The van der Waals surface area contributed by atoms with Crippen molar-refractivity contribution in [2.75, 3.05) is 5.88 Å². The van der Waals surface area contributed by atoms with Crippen molar-refractivity contribution in [3.05, 3.63) is 62.0 Å². The molecule has 0 unspecified atom stereocenters. The van der Waals surface area contributed by atoms with E-state index < -0.39 is 0 Å². The second-order valence-corrected chi connectivity index (χ2v) is 5.28. The molecule has 1 aromatic carbocycles. The topological polar surface area (TPSA) is 39.1 Å². The molecule has 104 valence electrons. The van der Waals surface area contributed by atoms with Gasteiger partial charge >= 0.3 is 0 Å². The van der Waals surface area contributed by atoms with Gasteiger partial charge in [0, 0.05) is 28.4 Å². The Labute approximate surface area is 130 Å². The van der Waals surface area contributed by atoms with Crippen LogP contribution in [0.4, 0.5) is 0 Å². The fourth-order valence-corrected chi connectivity index (χ4v) is 2.44. The standard InChI is InChI=1S/C14H10Cl3NO2/c15-6-5-12-13(17)9(8-19)7-18(14(12)20)11-3-1-10(16)2-4-11/h1-4,7-8H,5-6H2. The minimum atomic E-state index is -0.288. The van der Waals surface area contributed by atoms with E-state index in [1.807, 2.05) is 0 Å². The van der Waals surface area contributed by atoms with Crippen molar-refractivity contribution in [2.24, 2.45) is 0 Å². The monoisotopic (exact) mass is 329 g/mol. The average Bonchev–Trinajstić information content (AvgIpc) is 2.45. The zero-order valence-corrected chi connectivity index (χ0v) is 12.5. The summed E-state index contributed by atoms with van der Waals surface area (Å²) in [6, 6.07) is 6.72. The number of carbonyl (C=O) groups excluding carboxylic acids is 1. The first-order chi connectivity index (χ1) is 9.58. The predicted molar refractivity (Wildman–Crippen MR) is 81.9 cm³/mol. The molecule has 20 heavy (non-hydrogen) atoms. The second kappa shape index (κ2) is 6.44. The van der Waals surface area contributed by atoms with Gasteiger partial charge in [-0.25, -0.2) is 0 Å².